The highest BCUT2D eigenvalue weighted by molar-refractivity contribution is 6.30. The molecular formula is C17H17ClN2O3. The van der Waals surface area contributed by atoms with Crippen LogP contribution in [0.1, 0.15) is 6.42 Å². The van der Waals surface area contributed by atoms with Gasteiger partial charge >= 0.3 is 0 Å². The minimum absolute atomic E-state index is 0.0580. The second-order valence-corrected chi connectivity index (χ2v) is 5.53. The molecule has 3 rings (SSSR count). The first kappa shape index (κ1) is 15.5. The minimum atomic E-state index is -0.0580. The maximum absolute atomic E-state index is 11.9. The highest BCUT2D eigenvalue weighted by atomic mass is 35.5. The zero-order chi connectivity index (χ0) is 16.1. The molecule has 1 aliphatic heterocycles. The maximum Gasteiger partial charge on any atom is 0.226 e. The summed E-state index contributed by atoms with van der Waals surface area (Å²) in [5.74, 6) is 1.42. The number of hydrogen-bond acceptors (Lipinski definition) is 4. The molecule has 5 nitrogen and oxygen atoms in total. The number of rotatable bonds is 5. The molecule has 2 N–H and O–H groups in total. The molecule has 2 aromatic carbocycles. The molecule has 0 atom stereocenters. The Bertz CT molecular complexity index is 689. The number of benzene rings is 2. The third kappa shape index (κ3) is 4.29. The Morgan fingerprint density at radius 3 is 2.48 bits per heavy atom. The number of carbonyl (C=O) groups is 1. The van der Waals surface area contributed by atoms with Gasteiger partial charge in [0.15, 0.2) is 11.5 Å². The van der Waals surface area contributed by atoms with Crippen molar-refractivity contribution in [2.24, 2.45) is 0 Å². The topological polar surface area (TPSA) is 59.6 Å². The van der Waals surface area contributed by atoms with Crippen LogP contribution < -0.4 is 20.1 Å². The van der Waals surface area contributed by atoms with Crippen molar-refractivity contribution in [1.82, 2.24) is 0 Å². The van der Waals surface area contributed by atoms with E-state index in [1.807, 2.05) is 18.2 Å². The van der Waals surface area contributed by atoms with Crippen LogP contribution in [0.15, 0.2) is 42.5 Å². The average Bonchev–Trinajstić information content (AvgIpc) is 2.57. The molecular weight excluding hydrogens is 316 g/mol. The molecule has 0 saturated heterocycles. The molecule has 1 heterocycles. The van der Waals surface area contributed by atoms with Gasteiger partial charge in [-0.15, -0.1) is 0 Å². The summed E-state index contributed by atoms with van der Waals surface area (Å²) < 4.78 is 11.0. The summed E-state index contributed by atoms with van der Waals surface area (Å²) in [6, 6.07) is 12.7. The number of carbonyl (C=O) groups excluding carboxylic acids is 1. The van der Waals surface area contributed by atoms with Crippen LogP contribution in [-0.2, 0) is 4.79 Å². The number of hydrogen-bond donors (Lipinski definition) is 2. The lowest BCUT2D eigenvalue weighted by Gasteiger charge is -2.19. The van der Waals surface area contributed by atoms with Crippen molar-refractivity contribution in [3.63, 3.8) is 0 Å². The number of halogens is 1. The van der Waals surface area contributed by atoms with Gasteiger partial charge in [-0.25, -0.2) is 0 Å². The summed E-state index contributed by atoms with van der Waals surface area (Å²) in [6.07, 6.45) is 0.358. The largest absolute Gasteiger partial charge is 0.486 e. The zero-order valence-corrected chi connectivity index (χ0v) is 13.2. The normalized spacial score (nSPS) is 12.6. The van der Waals surface area contributed by atoms with Gasteiger partial charge in [0.2, 0.25) is 5.91 Å². The van der Waals surface area contributed by atoms with Gasteiger partial charge in [-0.2, -0.15) is 0 Å². The predicted octanol–water partition coefficient (Wildman–Crippen LogP) is 3.55. The highest BCUT2D eigenvalue weighted by Crippen LogP contribution is 2.32. The van der Waals surface area contributed by atoms with Crippen molar-refractivity contribution in [1.29, 1.82) is 0 Å². The molecule has 0 fully saturated rings. The zero-order valence-electron chi connectivity index (χ0n) is 12.5. The Labute approximate surface area is 139 Å². The first-order chi connectivity index (χ1) is 11.2. The van der Waals surface area contributed by atoms with Crippen LogP contribution in [0, 0.1) is 0 Å². The van der Waals surface area contributed by atoms with Crippen LogP contribution in [0.4, 0.5) is 11.4 Å². The molecule has 2 aromatic rings. The fourth-order valence-electron chi connectivity index (χ4n) is 2.23. The number of anilines is 2. The van der Waals surface area contributed by atoms with Crippen LogP contribution >= 0.6 is 11.6 Å². The van der Waals surface area contributed by atoms with E-state index in [1.54, 1.807) is 24.3 Å². The third-order valence-electron chi connectivity index (χ3n) is 3.35. The number of ether oxygens (including phenoxy) is 2. The summed E-state index contributed by atoms with van der Waals surface area (Å²) in [4.78, 5) is 11.9. The van der Waals surface area contributed by atoms with Gasteiger partial charge in [-0.3, -0.25) is 4.79 Å². The van der Waals surface area contributed by atoms with E-state index in [0.29, 0.717) is 31.2 Å². The fourth-order valence-corrected chi connectivity index (χ4v) is 2.36. The summed E-state index contributed by atoms with van der Waals surface area (Å²) in [6.45, 7) is 1.66. The molecule has 0 aromatic heterocycles. The van der Waals surface area contributed by atoms with E-state index in [2.05, 4.69) is 10.6 Å². The molecule has 120 valence electrons. The number of amides is 1. The molecule has 0 radical (unpaired) electrons. The van der Waals surface area contributed by atoms with E-state index in [9.17, 15) is 4.79 Å². The van der Waals surface area contributed by atoms with E-state index < -0.39 is 0 Å². The van der Waals surface area contributed by atoms with Crippen molar-refractivity contribution in [2.45, 2.75) is 6.42 Å². The van der Waals surface area contributed by atoms with Gasteiger partial charge in [0.25, 0.3) is 0 Å². The molecule has 1 aliphatic rings. The molecule has 23 heavy (non-hydrogen) atoms. The van der Waals surface area contributed by atoms with Gasteiger partial charge in [-0.1, -0.05) is 11.6 Å². The first-order valence-corrected chi connectivity index (χ1v) is 7.77. The van der Waals surface area contributed by atoms with Crippen LogP contribution in [0.25, 0.3) is 0 Å². The Morgan fingerprint density at radius 1 is 1.00 bits per heavy atom. The van der Waals surface area contributed by atoms with Crippen molar-refractivity contribution in [3.05, 3.63) is 47.5 Å². The van der Waals surface area contributed by atoms with Crippen molar-refractivity contribution >= 4 is 28.9 Å². The van der Waals surface area contributed by atoms with Crippen LogP contribution in [0.5, 0.6) is 11.5 Å². The third-order valence-corrected chi connectivity index (χ3v) is 3.60. The Hall–Kier alpha value is -2.40. The van der Waals surface area contributed by atoms with Crippen LogP contribution in [-0.4, -0.2) is 25.7 Å². The average molecular weight is 333 g/mol. The first-order valence-electron chi connectivity index (χ1n) is 7.40. The van der Waals surface area contributed by atoms with E-state index >= 15 is 0 Å². The van der Waals surface area contributed by atoms with Gasteiger partial charge in [-0.05, 0) is 36.4 Å². The van der Waals surface area contributed by atoms with Crippen molar-refractivity contribution < 1.29 is 14.3 Å². The van der Waals surface area contributed by atoms with Gasteiger partial charge in [0.05, 0.1) is 0 Å². The van der Waals surface area contributed by atoms with Gasteiger partial charge in [0.1, 0.15) is 13.2 Å². The van der Waals surface area contributed by atoms with E-state index in [-0.39, 0.29) is 5.91 Å². The van der Waals surface area contributed by atoms with Gasteiger partial charge < -0.3 is 20.1 Å². The number of nitrogens with one attached hydrogen (secondary N) is 2. The van der Waals surface area contributed by atoms with E-state index in [0.717, 1.165) is 22.9 Å². The van der Waals surface area contributed by atoms with E-state index in [1.165, 1.54) is 0 Å². The Morgan fingerprint density at radius 2 is 1.70 bits per heavy atom. The lowest BCUT2D eigenvalue weighted by molar-refractivity contribution is -0.115. The molecule has 0 bridgehead atoms. The smallest absolute Gasteiger partial charge is 0.226 e. The standard InChI is InChI=1S/C17H17ClN2O3/c18-12-1-3-13(4-2-12)20-17(21)7-8-19-14-5-6-15-16(11-14)23-10-9-22-15/h1-6,11,19H,7-10H2,(H,20,21). The molecule has 0 aliphatic carbocycles. The summed E-state index contributed by atoms with van der Waals surface area (Å²) in [5, 5.41) is 6.67. The second kappa shape index (κ2) is 7.24. The highest BCUT2D eigenvalue weighted by Gasteiger charge is 2.11. The maximum atomic E-state index is 11.9. The molecule has 6 heteroatoms. The molecule has 0 spiro atoms. The predicted molar refractivity (Wildman–Crippen MR) is 90.6 cm³/mol. The summed E-state index contributed by atoms with van der Waals surface area (Å²) >= 11 is 5.81. The van der Waals surface area contributed by atoms with Gasteiger partial charge in [0, 0.05) is 35.4 Å². The molecule has 0 unspecified atom stereocenters. The second-order valence-electron chi connectivity index (χ2n) is 5.09. The Balaban J connectivity index is 1.47. The molecule has 1 amide bonds. The van der Waals surface area contributed by atoms with E-state index in [4.69, 9.17) is 21.1 Å². The van der Waals surface area contributed by atoms with Crippen LogP contribution in [0.2, 0.25) is 5.02 Å². The van der Waals surface area contributed by atoms with Crippen molar-refractivity contribution in [2.75, 3.05) is 30.4 Å². The Kier molecular flexibility index (Phi) is 4.88. The van der Waals surface area contributed by atoms with Crippen molar-refractivity contribution in [3.8, 4) is 11.5 Å². The fraction of sp³-hybridized carbons (Fsp3) is 0.235. The summed E-state index contributed by atoms with van der Waals surface area (Å²) in [5.41, 5.74) is 1.63. The van der Waals surface area contributed by atoms with Crippen LogP contribution in [0.3, 0.4) is 0 Å². The monoisotopic (exact) mass is 332 g/mol. The lowest BCUT2D eigenvalue weighted by atomic mass is 10.2. The summed E-state index contributed by atoms with van der Waals surface area (Å²) in [7, 11) is 0. The molecule has 0 saturated carbocycles. The SMILES string of the molecule is O=C(CCNc1ccc2c(c1)OCCO2)Nc1ccc(Cl)cc1. The quantitative estimate of drug-likeness (QED) is 0.879. The lowest BCUT2D eigenvalue weighted by Crippen LogP contribution is -2.17. The minimum Gasteiger partial charge on any atom is -0.486 e. The number of fused-ring (bicyclic) bond motifs is 1.